The van der Waals surface area contributed by atoms with Crippen LogP contribution in [0, 0.1) is 0 Å². The Labute approximate surface area is 118 Å². The van der Waals surface area contributed by atoms with E-state index in [2.05, 4.69) is 5.32 Å². The van der Waals surface area contributed by atoms with E-state index in [4.69, 9.17) is 4.74 Å². The van der Waals surface area contributed by atoms with Gasteiger partial charge in [-0.05, 0) is 31.0 Å². The van der Waals surface area contributed by atoms with Crippen LogP contribution in [0.5, 0.6) is 5.75 Å². The molecule has 1 fully saturated rings. The smallest absolute Gasteiger partial charge is 0.251 e. The molecule has 1 aliphatic rings. The lowest BCUT2D eigenvalue weighted by atomic mass is 10.2. The molecule has 1 aliphatic heterocycles. The molecular weight excluding hydrogens is 256 g/mol. The zero-order valence-electron chi connectivity index (χ0n) is 11.7. The van der Waals surface area contributed by atoms with Crippen LogP contribution in [-0.4, -0.2) is 43.5 Å². The van der Waals surface area contributed by atoms with Crippen LogP contribution in [-0.2, 0) is 4.79 Å². The molecule has 0 spiro atoms. The van der Waals surface area contributed by atoms with Gasteiger partial charge in [0.05, 0.1) is 7.11 Å². The van der Waals surface area contributed by atoms with Gasteiger partial charge in [0.15, 0.2) is 0 Å². The molecule has 2 amide bonds. The second-order valence-electron chi connectivity index (χ2n) is 4.83. The van der Waals surface area contributed by atoms with E-state index in [1.165, 1.54) is 0 Å². The van der Waals surface area contributed by atoms with Crippen molar-refractivity contribution < 1.29 is 14.3 Å². The molecule has 1 aromatic carbocycles. The van der Waals surface area contributed by atoms with Crippen LogP contribution < -0.4 is 10.1 Å². The normalized spacial score (nSPS) is 14.2. The number of likely N-dealkylation sites (tertiary alicyclic amines) is 1. The van der Waals surface area contributed by atoms with E-state index in [-0.39, 0.29) is 11.8 Å². The Morgan fingerprint density at radius 2 is 2.05 bits per heavy atom. The largest absolute Gasteiger partial charge is 0.497 e. The molecule has 1 aromatic rings. The number of methoxy groups -OCH3 is 1. The van der Waals surface area contributed by atoms with Crippen LogP contribution in [0.1, 0.15) is 29.6 Å². The third-order valence-electron chi connectivity index (χ3n) is 3.42. The van der Waals surface area contributed by atoms with E-state index in [0.717, 1.165) is 25.9 Å². The summed E-state index contributed by atoms with van der Waals surface area (Å²) in [6.45, 7) is 2.07. The number of nitrogens with one attached hydrogen (secondary N) is 1. The van der Waals surface area contributed by atoms with Crippen LogP contribution in [0.4, 0.5) is 0 Å². The van der Waals surface area contributed by atoms with Gasteiger partial charge >= 0.3 is 0 Å². The summed E-state index contributed by atoms with van der Waals surface area (Å²) in [5.41, 5.74) is 0.540. The summed E-state index contributed by atoms with van der Waals surface area (Å²) in [6, 6.07) is 6.95. The van der Waals surface area contributed by atoms with Gasteiger partial charge in [-0.15, -0.1) is 0 Å². The van der Waals surface area contributed by atoms with Gasteiger partial charge < -0.3 is 15.0 Å². The minimum atomic E-state index is -0.182. The van der Waals surface area contributed by atoms with Crippen LogP contribution in [0.3, 0.4) is 0 Å². The van der Waals surface area contributed by atoms with E-state index >= 15 is 0 Å². The molecule has 1 saturated heterocycles. The highest BCUT2D eigenvalue weighted by molar-refractivity contribution is 5.94. The molecule has 2 rings (SSSR count). The number of nitrogens with zero attached hydrogens (tertiary/aromatic N) is 1. The van der Waals surface area contributed by atoms with Crippen molar-refractivity contribution in [1.29, 1.82) is 0 Å². The summed E-state index contributed by atoms with van der Waals surface area (Å²) < 4.78 is 5.07. The molecule has 1 heterocycles. The van der Waals surface area contributed by atoms with Gasteiger partial charge in [0.1, 0.15) is 5.75 Å². The van der Waals surface area contributed by atoms with Crippen molar-refractivity contribution in [3.8, 4) is 5.75 Å². The fourth-order valence-electron chi connectivity index (χ4n) is 2.27. The first-order valence-electron chi connectivity index (χ1n) is 6.91. The van der Waals surface area contributed by atoms with E-state index in [0.29, 0.717) is 24.3 Å². The molecule has 0 atom stereocenters. The van der Waals surface area contributed by atoms with Crippen molar-refractivity contribution in [2.75, 3.05) is 26.7 Å². The fourth-order valence-corrected chi connectivity index (χ4v) is 2.27. The molecule has 1 N–H and O–H groups in total. The predicted molar refractivity (Wildman–Crippen MR) is 75.8 cm³/mol. The number of hydrogen-bond donors (Lipinski definition) is 1. The van der Waals surface area contributed by atoms with Gasteiger partial charge in [-0.25, -0.2) is 0 Å². The highest BCUT2D eigenvalue weighted by atomic mass is 16.5. The Balaban J connectivity index is 1.78. The Morgan fingerprint density at radius 3 is 2.75 bits per heavy atom. The maximum Gasteiger partial charge on any atom is 0.251 e. The maximum absolute atomic E-state index is 11.9. The highest BCUT2D eigenvalue weighted by Crippen LogP contribution is 2.12. The number of benzene rings is 1. The van der Waals surface area contributed by atoms with Gasteiger partial charge in [-0.2, -0.15) is 0 Å². The van der Waals surface area contributed by atoms with Gasteiger partial charge in [-0.3, -0.25) is 9.59 Å². The van der Waals surface area contributed by atoms with Crippen molar-refractivity contribution in [3.63, 3.8) is 0 Å². The fraction of sp³-hybridized carbons (Fsp3) is 0.467. The molecule has 0 saturated carbocycles. The molecule has 20 heavy (non-hydrogen) atoms. The van der Waals surface area contributed by atoms with E-state index in [9.17, 15) is 9.59 Å². The quantitative estimate of drug-likeness (QED) is 0.885. The minimum Gasteiger partial charge on any atom is -0.497 e. The summed E-state index contributed by atoms with van der Waals surface area (Å²) in [4.78, 5) is 25.6. The predicted octanol–water partition coefficient (Wildman–Crippen LogP) is 1.44. The van der Waals surface area contributed by atoms with E-state index in [1.807, 2.05) is 4.90 Å². The standard InChI is InChI=1S/C15H20N2O3/c1-20-13-6-4-5-12(11-13)15(19)16-8-7-14(18)17-9-2-3-10-17/h4-6,11H,2-3,7-10H2,1H3,(H,16,19). The summed E-state index contributed by atoms with van der Waals surface area (Å²) in [5.74, 6) is 0.581. The first-order valence-corrected chi connectivity index (χ1v) is 6.91. The van der Waals surface area contributed by atoms with Crippen molar-refractivity contribution in [1.82, 2.24) is 10.2 Å². The topological polar surface area (TPSA) is 58.6 Å². The van der Waals surface area contributed by atoms with Gasteiger partial charge in [0.2, 0.25) is 5.91 Å². The van der Waals surface area contributed by atoms with Crippen LogP contribution in [0.15, 0.2) is 24.3 Å². The average Bonchev–Trinajstić information content (AvgIpc) is 3.01. The molecule has 0 radical (unpaired) electrons. The lowest BCUT2D eigenvalue weighted by Crippen LogP contribution is -2.32. The average molecular weight is 276 g/mol. The number of ether oxygens (including phenoxy) is 1. The number of rotatable bonds is 5. The Hall–Kier alpha value is -2.04. The Morgan fingerprint density at radius 1 is 1.30 bits per heavy atom. The molecule has 0 aliphatic carbocycles. The van der Waals surface area contributed by atoms with Crippen molar-refractivity contribution >= 4 is 11.8 Å². The summed E-state index contributed by atoms with van der Waals surface area (Å²) in [5, 5.41) is 2.76. The molecule has 0 unspecified atom stereocenters. The Bertz CT molecular complexity index is 482. The summed E-state index contributed by atoms with van der Waals surface area (Å²) >= 11 is 0. The molecule has 0 bridgehead atoms. The third kappa shape index (κ3) is 3.73. The zero-order valence-corrected chi connectivity index (χ0v) is 11.7. The molecule has 5 heteroatoms. The summed E-state index contributed by atoms with van der Waals surface area (Å²) in [7, 11) is 1.56. The minimum absolute atomic E-state index is 0.119. The van der Waals surface area contributed by atoms with E-state index < -0.39 is 0 Å². The number of carbonyl (C=O) groups excluding carboxylic acids is 2. The monoisotopic (exact) mass is 276 g/mol. The van der Waals surface area contributed by atoms with Crippen molar-refractivity contribution in [3.05, 3.63) is 29.8 Å². The van der Waals surface area contributed by atoms with Crippen LogP contribution in [0.25, 0.3) is 0 Å². The molecule has 5 nitrogen and oxygen atoms in total. The van der Waals surface area contributed by atoms with Crippen molar-refractivity contribution in [2.45, 2.75) is 19.3 Å². The number of amides is 2. The zero-order chi connectivity index (χ0) is 14.4. The molecule has 0 aromatic heterocycles. The summed E-state index contributed by atoms with van der Waals surface area (Å²) in [6.07, 6.45) is 2.53. The van der Waals surface area contributed by atoms with Gasteiger partial charge in [0.25, 0.3) is 5.91 Å². The number of hydrogen-bond acceptors (Lipinski definition) is 3. The first kappa shape index (κ1) is 14.4. The van der Waals surface area contributed by atoms with Crippen LogP contribution >= 0.6 is 0 Å². The SMILES string of the molecule is COc1cccc(C(=O)NCCC(=O)N2CCCC2)c1. The highest BCUT2D eigenvalue weighted by Gasteiger charge is 2.17. The van der Waals surface area contributed by atoms with E-state index in [1.54, 1.807) is 31.4 Å². The van der Waals surface area contributed by atoms with Gasteiger partial charge in [-0.1, -0.05) is 6.07 Å². The third-order valence-corrected chi connectivity index (χ3v) is 3.42. The Kier molecular flexibility index (Phi) is 4.98. The lowest BCUT2D eigenvalue weighted by Gasteiger charge is -2.15. The van der Waals surface area contributed by atoms with Crippen LogP contribution in [0.2, 0.25) is 0 Å². The number of carbonyl (C=O) groups is 2. The second-order valence-corrected chi connectivity index (χ2v) is 4.83. The maximum atomic E-state index is 11.9. The molecular formula is C15H20N2O3. The van der Waals surface area contributed by atoms with Gasteiger partial charge in [0, 0.05) is 31.6 Å². The molecule has 108 valence electrons. The first-order chi connectivity index (χ1) is 9.70. The second kappa shape index (κ2) is 6.93. The lowest BCUT2D eigenvalue weighted by molar-refractivity contribution is -0.129. The van der Waals surface area contributed by atoms with Crippen molar-refractivity contribution in [2.24, 2.45) is 0 Å².